The van der Waals surface area contributed by atoms with Crippen LogP contribution in [0.2, 0.25) is 0 Å². The Hall–Kier alpha value is -2.75. The Morgan fingerprint density at radius 1 is 1.00 bits per heavy atom. The van der Waals surface area contributed by atoms with E-state index in [1.54, 1.807) is 24.3 Å². The maximum atomic E-state index is 12.0. The Labute approximate surface area is 112 Å². The number of nitriles is 1. The lowest BCUT2D eigenvalue weighted by molar-refractivity contribution is -0.274. The van der Waals surface area contributed by atoms with Crippen LogP contribution in [0.15, 0.2) is 42.6 Å². The molecule has 4 nitrogen and oxygen atoms in total. The fourth-order valence-corrected chi connectivity index (χ4v) is 1.34. The molecule has 0 radical (unpaired) electrons. The number of rotatable bonds is 3. The standard InChI is InChI=1S/C13H7F3N2O2/c14-13(15,16)20-11-5-6-12(18-8-11)19-10-3-1-9(7-17)2-4-10/h1-6,8H. The van der Waals surface area contributed by atoms with Gasteiger partial charge in [0.25, 0.3) is 0 Å². The lowest BCUT2D eigenvalue weighted by atomic mass is 10.2. The number of ether oxygens (including phenoxy) is 2. The second-order valence-corrected chi connectivity index (χ2v) is 3.62. The third-order valence-electron chi connectivity index (χ3n) is 2.15. The average molecular weight is 280 g/mol. The number of pyridine rings is 1. The van der Waals surface area contributed by atoms with E-state index in [0.717, 1.165) is 12.3 Å². The van der Waals surface area contributed by atoms with Crippen molar-refractivity contribution in [3.8, 4) is 23.4 Å². The van der Waals surface area contributed by atoms with Gasteiger partial charge in [0.2, 0.25) is 5.88 Å². The van der Waals surface area contributed by atoms with Gasteiger partial charge in [-0.1, -0.05) is 0 Å². The number of nitrogens with zero attached hydrogens (tertiary/aromatic N) is 2. The molecule has 0 aliphatic heterocycles. The summed E-state index contributed by atoms with van der Waals surface area (Å²) in [5, 5.41) is 8.63. The van der Waals surface area contributed by atoms with Gasteiger partial charge in [-0.05, 0) is 30.3 Å². The van der Waals surface area contributed by atoms with Gasteiger partial charge < -0.3 is 9.47 Å². The van der Waals surface area contributed by atoms with Crippen molar-refractivity contribution in [2.45, 2.75) is 6.36 Å². The van der Waals surface area contributed by atoms with Crippen molar-refractivity contribution >= 4 is 0 Å². The minimum absolute atomic E-state index is 0.115. The molecule has 0 N–H and O–H groups in total. The van der Waals surface area contributed by atoms with Crippen molar-refractivity contribution in [3.05, 3.63) is 48.2 Å². The molecule has 0 spiro atoms. The predicted octanol–water partition coefficient (Wildman–Crippen LogP) is 3.64. The van der Waals surface area contributed by atoms with Crippen LogP contribution in [0.4, 0.5) is 13.2 Å². The van der Waals surface area contributed by atoms with Crippen LogP contribution in [0.1, 0.15) is 5.56 Å². The number of benzene rings is 1. The van der Waals surface area contributed by atoms with Crippen LogP contribution >= 0.6 is 0 Å². The average Bonchev–Trinajstić information content (AvgIpc) is 2.40. The quantitative estimate of drug-likeness (QED) is 0.861. The molecule has 0 unspecified atom stereocenters. The Kier molecular flexibility index (Phi) is 3.75. The monoisotopic (exact) mass is 280 g/mol. The molecule has 2 rings (SSSR count). The minimum atomic E-state index is -4.75. The fraction of sp³-hybridized carbons (Fsp3) is 0.0769. The van der Waals surface area contributed by atoms with Crippen molar-refractivity contribution in [2.75, 3.05) is 0 Å². The van der Waals surface area contributed by atoms with E-state index >= 15 is 0 Å². The van der Waals surface area contributed by atoms with Gasteiger partial charge in [-0.15, -0.1) is 13.2 Å². The normalized spacial score (nSPS) is 10.7. The first-order valence-electron chi connectivity index (χ1n) is 5.36. The second kappa shape index (κ2) is 5.48. The van der Waals surface area contributed by atoms with Crippen molar-refractivity contribution < 1.29 is 22.6 Å². The Bertz CT molecular complexity index is 616. The first kappa shape index (κ1) is 13.7. The van der Waals surface area contributed by atoms with Crippen LogP contribution in [0.5, 0.6) is 17.4 Å². The third kappa shape index (κ3) is 3.88. The summed E-state index contributed by atoms with van der Waals surface area (Å²) in [6.07, 6.45) is -3.84. The molecule has 0 saturated heterocycles. The maximum absolute atomic E-state index is 12.0. The zero-order valence-corrected chi connectivity index (χ0v) is 9.89. The highest BCUT2D eigenvalue weighted by Gasteiger charge is 2.31. The molecule has 2 aromatic rings. The molecule has 0 saturated carbocycles. The van der Waals surface area contributed by atoms with E-state index in [9.17, 15) is 13.2 Å². The summed E-state index contributed by atoms with van der Waals surface area (Å²) >= 11 is 0. The largest absolute Gasteiger partial charge is 0.573 e. The maximum Gasteiger partial charge on any atom is 0.573 e. The van der Waals surface area contributed by atoms with Crippen LogP contribution in [0.3, 0.4) is 0 Å². The van der Waals surface area contributed by atoms with Crippen LogP contribution in [0.25, 0.3) is 0 Å². The van der Waals surface area contributed by atoms with Crippen molar-refractivity contribution in [2.24, 2.45) is 0 Å². The molecular weight excluding hydrogens is 273 g/mol. The molecule has 1 aromatic heterocycles. The molecule has 0 bridgehead atoms. The summed E-state index contributed by atoms with van der Waals surface area (Å²) in [4.78, 5) is 3.69. The summed E-state index contributed by atoms with van der Waals surface area (Å²) in [5.41, 5.74) is 0.472. The summed E-state index contributed by atoms with van der Waals surface area (Å²) < 4.78 is 44.8. The predicted molar refractivity (Wildman–Crippen MR) is 62.2 cm³/mol. The molecule has 7 heteroatoms. The van der Waals surface area contributed by atoms with E-state index in [4.69, 9.17) is 10.00 Å². The molecule has 0 aliphatic carbocycles. The van der Waals surface area contributed by atoms with Crippen molar-refractivity contribution in [1.29, 1.82) is 5.26 Å². The molecule has 0 atom stereocenters. The third-order valence-corrected chi connectivity index (χ3v) is 2.15. The molecular formula is C13H7F3N2O2. The zero-order valence-electron chi connectivity index (χ0n) is 9.89. The van der Waals surface area contributed by atoms with Gasteiger partial charge in [0.05, 0.1) is 17.8 Å². The Balaban J connectivity index is 2.05. The van der Waals surface area contributed by atoms with Gasteiger partial charge in [-0.3, -0.25) is 0 Å². The highest BCUT2D eigenvalue weighted by Crippen LogP contribution is 2.25. The van der Waals surface area contributed by atoms with Crippen molar-refractivity contribution in [3.63, 3.8) is 0 Å². The van der Waals surface area contributed by atoms with Gasteiger partial charge in [0, 0.05) is 6.07 Å². The Morgan fingerprint density at radius 3 is 2.15 bits per heavy atom. The number of hydrogen-bond acceptors (Lipinski definition) is 4. The summed E-state index contributed by atoms with van der Waals surface area (Å²) in [6, 6.07) is 10.5. The first-order chi connectivity index (χ1) is 9.46. The SMILES string of the molecule is N#Cc1ccc(Oc2ccc(OC(F)(F)F)cn2)cc1. The molecule has 0 aliphatic rings. The number of halogens is 3. The van der Waals surface area contributed by atoms with Crippen LogP contribution in [0, 0.1) is 11.3 Å². The smallest absolute Gasteiger partial charge is 0.439 e. The second-order valence-electron chi connectivity index (χ2n) is 3.62. The van der Waals surface area contributed by atoms with Crippen LogP contribution in [-0.2, 0) is 0 Å². The lowest BCUT2D eigenvalue weighted by Crippen LogP contribution is -2.17. The van der Waals surface area contributed by atoms with Gasteiger partial charge >= 0.3 is 6.36 Å². The first-order valence-corrected chi connectivity index (χ1v) is 5.36. The molecule has 20 heavy (non-hydrogen) atoms. The summed E-state index contributed by atoms with van der Waals surface area (Å²) in [5.74, 6) is 0.106. The topological polar surface area (TPSA) is 55.1 Å². The van der Waals surface area contributed by atoms with Crippen molar-refractivity contribution in [1.82, 2.24) is 4.98 Å². The highest BCUT2D eigenvalue weighted by molar-refractivity contribution is 5.36. The van der Waals surface area contributed by atoms with Gasteiger partial charge in [-0.2, -0.15) is 5.26 Å². The molecule has 1 heterocycles. The number of hydrogen-bond donors (Lipinski definition) is 0. The van der Waals surface area contributed by atoms with Crippen LogP contribution in [-0.4, -0.2) is 11.3 Å². The van der Waals surface area contributed by atoms with E-state index in [0.29, 0.717) is 11.3 Å². The molecule has 0 amide bonds. The summed E-state index contributed by atoms with van der Waals surface area (Å²) in [7, 11) is 0. The van der Waals surface area contributed by atoms with E-state index in [-0.39, 0.29) is 5.88 Å². The Morgan fingerprint density at radius 2 is 1.65 bits per heavy atom. The minimum Gasteiger partial charge on any atom is -0.439 e. The van der Waals surface area contributed by atoms with E-state index < -0.39 is 12.1 Å². The van der Waals surface area contributed by atoms with E-state index in [2.05, 4.69) is 9.72 Å². The van der Waals surface area contributed by atoms with E-state index in [1.807, 2.05) is 6.07 Å². The zero-order chi connectivity index (χ0) is 14.6. The number of alkyl halides is 3. The summed E-state index contributed by atoms with van der Waals surface area (Å²) in [6.45, 7) is 0. The molecule has 1 aromatic carbocycles. The number of aromatic nitrogens is 1. The lowest BCUT2D eigenvalue weighted by Gasteiger charge is -2.09. The highest BCUT2D eigenvalue weighted by atomic mass is 19.4. The fourth-order valence-electron chi connectivity index (χ4n) is 1.34. The molecule has 102 valence electrons. The van der Waals surface area contributed by atoms with Crippen LogP contribution < -0.4 is 9.47 Å². The van der Waals surface area contributed by atoms with Gasteiger partial charge in [-0.25, -0.2) is 4.98 Å². The van der Waals surface area contributed by atoms with Gasteiger partial charge in [0.1, 0.15) is 11.5 Å². The van der Waals surface area contributed by atoms with E-state index in [1.165, 1.54) is 6.07 Å². The van der Waals surface area contributed by atoms with Gasteiger partial charge in [0.15, 0.2) is 0 Å². The molecule has 0 fully saturated rings.